The van der Waals surface area contributed by atoms with Gasteiger partial charge >= 0.3 is 0 Å². The molecule has 2 heterocycles. The van der Waals surface area contributed by atoms with Gasteiger partial charge in [-0.2, -0.15) is 0 Å². The second kappa shape index (κ2) is 6.68. The van der Waals surface area contributed by atoms with Crippen LogP contribution in [0.5, 0.6) is 0 Å². The highest BCUT2D eigenvalue weighted by Gasteiger charge is 2.28. The third-order valence-corrected chi connectivity index (χ3v) is 4.62. The fourth-order valence-corrected chi connectivity index (χ4v) is 3.29. The van der Waals surface area contributed by atoms with Crippen LogP contribution in [-0.4, -0.2) is 66.9 Å². The van der Waals surface area contributed by atoms with Crippen LogP contribution < -0.4 is 10.6 Å². The smallest absolute Gasteiger partial charge is 0.241 e. The highest BCUT2D eigenvalue weighted by Crippen LogP contribution is 2.27. The summed E-state index contributed by atoms with van der Waals surface area (Å²) in [5.74, 6) is 0.131. The number of amides is 2. The summed E-state index contributed by atoms with van der Waals surface area (Å²) >= 11 is 0. The molecule has 0 radical (unpaired) electrons. The molecule has 0 saturated carbocycles. The Kier molecular flexibility index (Phi) is 4.63. The van der Waals surface area contributed by atoms with Crippen LogP contribution in [0.1, 0.15) is 12.5 Å². The number of benzene rings is 1. The average Bonchev–Trinajstić information content (AvgIpc) is 2.99. The molecule has 1 unspecified atom stereocenters. The van der Waals surface area contributed by atoms with E-state index in [1.807, 2.05) is 23.1 Å². The molecule has 1 saturated heterocycles. The molecule has 1 aromatic carbocycles. The fourth-order valence-electron chi connectivity index (χ4n) is 3.29. The Balaban J connectivity index is 1.54. The normalized spacial score (nSPS) is 19.6. The molecule has 3 rings (SSSR count). The number of nitrogens with two attached hydrogens (primary N) is 1. The van der Waals surface area contributed by atoms with Crippen molar-refractivity contribution in [1.82, 2.24) is 9.80 Å². The zero-order valence-electron chi connectivity index (χ0n) is 13.6. The Labute approximate surface area is 136 Å². The molecule has 124 valence electrons. The molecule has 6 heteroatoms. The van der Waals surface area contributed by atoms with Crippen LogP contribution in [0.2, 0.25) is 0 Å². The Morgan fingerprint density at radius 2 is 1.83 bits per heavy atom. The number of carbonyl (C=O) groups is 2. The van der Waals surface area contributed by atoms with Gasteiger partial charge in [0.1, 0.15) is 0 Å². The molecule has 0 spiro atoms. The maximum Gasteiger partial charge on any atom is 0.241 e. The summed E-state index contributed by atoms with van der Waals surface area (Å²) in [5, 5.41) is 0. The number of nitrogens with zero attached hydrogens (tertiary/aromatic N) is 3. The van der Waals surface area contributed by atoms with E-state index in [1.165, 1.54) is 5.56 Å². The van der Waals surface area contributed by atoms with Gasteiger partial charge in [-0.25, -0.2) is 0 Å². The number of piperazine rings is 1. The zero-order valence-corrected chi connectivity index (χ0v) is 13.6. The van der Waals surface area contributed by atoms with Gasteiger partial charge in [0.2, 0.25) is 11.8 Å². The third-order valence-electron chi connectivity index (χ3n) is 4.62. The lowest BCUT2D eigenvalue weighted by Gasteiger charge is -2.35. The Bertz CT molecular complexity index is 594. The van der Waals surface area contributed by atoms with Crippen molar-refractivity contribution < 1.29 is 9.59 Å². The largest absolute Gasteiger partial charge is 0.339 e. The van der Waals surface area contributed by atoms with E-state index in [0.29, 0.717) is 19.6 Å². The number of fused-ring (bicyclic) bond motifs is 1. The van der Waals surface area contributed by atoms with Crippen LogP contribution in [0, 0.1) is 0 Å². The Hall–Kier alpha value is -1.92. The topological polar surface area (TPSA) is 69.9 Å². The molecular weight excluding hydrogens is 292 g/mol. The summed E-state index contributed by atoms with van der Waals surface area (Å²) < 4.78 is 0. The summed E-state index contributed by atoms with van der Waals surface area (Å²) in [5.41, 5.74) is 7.93. The SMILES string of the molecule is CC(N)C(=O)N1CCN(CC(=O)N2CCc3ccccc32)CC1. The van der Waals surface area contributed by atoms with Crippen molar-refractivity contribution in [3.8, 4) is 0 Å². The maximum atomic E-state index is 12.6. The van der Waals surface area contributed by atoms with Gasteiger partial charge in [-0.15, -0.1) is 0 Å². The Morgan fingerprint density at radius 3 is 2.52 bits per heavy atom. The summed E-state index contributed by atoms with van der Waals surface area (Å²) in [6.45, 7) is 5.62. The summed E-state index contributed by atoms with van der Waals surface area (Å²) in [6.07, 6.45) is 0.929. The standard InChI is InChI=1S/C17H24N4O2/c1-13(18)17(23)20-10-8-19(9-11-20)12-16(22)21-7-6-14-4-2-3-5-15(14)21/h2-5,13H,6-12,18H2,1H3. The monoisotopic (exact) mass is 316 g/mol. The van der Waals surface area contributed by atoms with Crippen LogP contribution in [0.25, 0.3) is 0 Å². The average molecular weight is 316 g/mol. The van der Waals surface area contributed by atoms with E-state index < -0.39 is 6.04 Å². The van der Waals surface area contributed by atoms with Crippen LogP contribution in [0.3, 0.4) is 0 Å². The lowest BCUT2D eigenvalue weighted by molar-refractivity contribution is -0.134. The van der Waals surface area contributed by atoms with Crippen molar-refractivity contribution in [1.29, 1.82) is 0 Å². The van der Waals surface area contributed by atoms with E-state index in [1.54, 1.807) is 11.8 Å². The van der Waals surface area contributed by atoms with Crippen molar-refractivity contribution in [2.45, 2.75) is 19.4 Å². The van der Waals surface area contributed by atoms with Crippen molar-refractivity contribution in [2.75, 3.05) is 44.2 Å². The predicted octanol–water partition coefficient (Wildman–Crippen LogP) is 0.0671. The Morgan fingerprint density at radius 1 is 1.13 bits per heavy atom. The fraction of sp³-hybridized carbons (Fsp3) is 0.529. The highest BCUT2D eigenvalue weighted by atomic mass is 16.2. The van der Waals surface area contributed by atoms with Crippen molar-refractivity contribution in [2.24, 2.45) is 5.73 Å². The molecule has 0 bridgehead atoms. The van der Waals surface area contributed by atoms with E-state index in [9.17, 15) is 9.59 Å². The minimum atomic E-state index is -0.454. The second-order valence-corrected chi connectivity index (χ2v) is 6.31. The van der Waals surface area contributed by atoms with Gasteiger partial charge in [0.05, 0.1) is 12.6 Å². The number of hydrogen-bond acceptors (Lipinski definition) is 4. The molecule has 6 nitrogen and oxygen atoms in total. The van der Waals surface area contributed by atoms with Crippen molar-refractivity contribution >= 4 is 17.5 Å². The number of anilines is 1. The van der Waals surface area contributed by atoms with Crippen LogP contribution in [-0.2, 0) is 16.0 Å². The predicted molar refractivity (Wildman–Crippen MR) is 89.2 cm³/mol. The van der Waals surface area contributed by atoms with Gasteiger partial charge in [0.25, 0.3) is 0 Å². The van der Waals surface area contributed by atoms with Crippen LogP contribution in [0.4, 0.5) is 5.69 Å². The molecule has 2 amide bonds. The quantitative estimate of drug-likeness (QED) is 0.856. The minimum Gasteiger partial charge on any atom is -0.339 e. The van der Waals surface area contributed by atoms with Crippen LogP contribution in [0.15, 0.2) is 24.3 Å². The molecule has 2 N–H and O–H groups in total. The maximum absolute atomic E-state index is 12.6. The van der Waals surface area contributed by atoms with Crippen molar-refractivity contribution in [3.63, 3.8) is 0 Å². The van der Waals surface area contributed by atoms with E-state index in [4.69, 9.17) is 5.73 Å². The summed E-state index contributed by atoms with van der Waals surface area (Å²) in [6, 6.07) is 7.63. The van der Waals surface area contributed by atoms with Gasteiger partial charge in [0, 0.05) is 38.4 Å². The number of hydrogen-bond donors (Lipinski definition) is 1. The second-order valence-electron chi connectivity index (χ2n) is 6.31. The molecule has 1 aromatic rings. The summed E-state index contributed by atoms with van der Waals surface area (Å²) in [4.78, 5) is 30.3. The third kappa shape index (κ3) is 3.38. The van der Waals surface area contributed by atoms with E-state index in [-0.39, 0.29) is 11.8 Å². The first-order chi connectivity index (χ1) is 11.1. The van der Waals surface area contributed by atoms with E-state index in [2.05, 4.69) is 11.0 Å². The molecule has 23 heavy (non-hydrogen) atoms. The van der Waals surface area contributed by atoms with E-state index in [0.717, 1.165) is 31.7 Å². The van der Waals surface area contributed by atoms with Gasteiger partial charge in [0.15, 0.2) is 0 Å². The first-order valence-electron chi connectivity index (χ1n) is 8.21. The first-order valence-corrected chi connectivity index (χ1v) is 8.21. The molecule has 2 aliphatic heterocycles. The lowest BCUT2D eigenvalue weighted by Crippen LogP contribution is -2.54. The molecule has 2 aliphatic rings. The molecule has 0 aromatic heterocycles. The number of para-hydroxylation sites is 1. The zero-order chi connectivity index (χ0) is 16.4. The lowest BCUT2D eigenvalue weighted by atomic mass is 10.2. The highest BCUT2D eigenvalue weighted by molar-refractivity contribution is 5.96. The minimum absolute atomic E-state index is 0.00977. The van der Waals surface area contributed by atoms with Crippen LogP contribution >= 0.6 is 0 Å². The number of carbonyl (C=O) groups excluding carboxylic acids is 2. The van der Waals surface area contributed by atoms with Crippen molar-refractivity contribution in [3.05, 3.63) is 29.8 Å². The molecule has 0 aliphatic carbocycles. The van der Waals surface area contributed by atoms with Gasteiger partial charge in [-0.05, 0) is 25.0 Å². The molecular formula is C17H24N4O2. The molecule has 1 fully saturated rings. The van der Waals surface area contributed by atoms with Gasteiger partial charge in [-0.3, -0.25) is 14.5 Å². The summed E-state index contributed by atoms with van der Waals surface area (Å²) in [7, 11) is 0. The van der Waals surface area contributed by atoms with E-state index >= 15 is 0 Å². The molecule has 1 atom stereocenters. The number of rotatable bonds is 3. The van der Waals surface area contributed by atoms with Gasteiger partial charge < -0.3 is 15.5 Å². The first kappa shape index (κ1) is 16.0. The van der Waals surface area contributed by atoms with Gasteiger partial charge in [-0.1, -0.05) is 18.2 Å².